The fourth-order valence-electron chi connectivity index (χ4n) is 0.711. The Bertz CT molecular complexity index is 330. The molecule has 0 aliphatic heterocycles. The highest BCUT2D eigenvalue weighted by molar-refractivity contribution is 14.1. The largest absolute Gasteiger partial charge is 0.619 e. The van der Waals surface area contributed by atoms with E-state index in [4.69, 9.17) is 5.26 Å². The Morgan fingerprint density at radius 3 is 2.82 bits per heavy atom. The van der Waals surface area contributed by atoms with Gasteiger partial charge in [0.1, 0.15) is 11.6 Å². The monoisotopic (exact) mass is 260 g/mol. The lowest BCUT2D eigenvalue weighted by Crippen LogP contribution is -2.26. The molecule has 1 aromatic heterocycles. The van der Waals surface area contributed by atoms with Gasteiger partial charge in [-0.15, -0.1) is 0 Å². The van der Waals surface area contributed by atoms with Gasteiger partial charge in [-0.1, -0.05) is 0 Å². The van der Waals surface area contributed by atoms with Crippen molar-refractivity contribution in [2.75, 3.05) is 0 Å². The number of halogens is 1. The molecule has 0 spiro atoms. The zero-order chi connectivity index (χ0) is 8.43. The van der Waals surface area contributed by atoms with Crippen LogP contribution in [0.1, 0.15) is 11.1 Å². The van der Waals surface area contributed by atoms with E-state index in [1.165, 1.54) is 12.4 Å². The van der Waals surface area contributed by atoms with Crippen molar-refractivity contribution in [3.05, 3.63) is 32.3 Å². The normalized spacial score (nSPS) is 9.18. The van der Waals surface area contributed by atoms with Crippen LogP contribution in [-0.2, 0) is 0 Å². The van der Waals surface area contributed by atoms with E-state index in [0.29, 0.717) is 10.3 Å². The Morgan fingerprint density at radius 1 is 1.64 bits per heavy atom. The van der Waals surface area contributed by atoms with Crippen molar-refractivity contribution in [2.45, 2.75) is 6.92 Å². The summed E-state index contributed by atoms with van der Waals surface area (Å²) in [5.74, 6) is 0. The predicted octanol–water partition coefficient (Wildman–Crippen LogP) is 1.10. The second-order valence-electron chi connectivity index (χ2n) is 2.12. The Balaban J connectivity index is 3.39. The van der Waals surface area contributed by atoms with Gasteiger partial charge in [-0.05, 0) is 35.1 Å². The van der Waals surface area contributed by atoms with Crippen LogP contribution in [0.3, 0.4) is 0 Å². The van der Waals surface area contributed by atoms with E-state index in [1.54, 1.807) is 0 Å². The maximum atomic E-state index is 10.8. The van der Waals surface area contributed by atoms with E-state index in [1.807, 2.05) is 35.6 Å². The Morgan fingerprint density at radius 2 is 2.27 bits per heavy atom. The molecule has 0 amide bonds. The summed E-state index contributed by atoms with van der Waals surface area (Å²) in [6.07, 6.45) is 2.72. The van der Waals surface area contributed by atoms with Crippen LogP contribution >= 0.6 is 22.6 Å². The molecule has 1 aromatic rings. The molecule has 0 N–H and O–H groups in total. The van der Waals surface area contributed by atoms with Crippen LogP contribution in [-0.4, -0.2) is 0 Å². The molecule has 0 aromatic carbocycles. The number of aromatic nitrogens is 1. The van der Waals surface area contributed by atoms with E-state index in [9.17, 15) is 5.21 Å². The quantitative estimate of drug-likeness (QED) is 0.398. The second kappa shape index (κ2) is 3.05. The lowest BCUT2D eigenvalue weighted by molar-refractivity contribution is -0.606. The first-order chi connectivity index (χ1) is 5.15. The van der Waals surface area contributed by atoms with E-state index < -0.39 is 0 Å². The Labute approximate surface area is 78.0 Å². The van der Waals surface area contributed by atoms with Gasteiger partial charge in [0.05, 0.1) is 3.57 Å². The lowest BCUT2D eigenvalue weighted by atomic mass is 10.2. The molecule has 1 heterocycles. The number of nitriles is 1. The minimum Gasteiger partial charge on any atom is -0.619 e. The van der Waals surface area contributed by atoms with Gasteiger partial charge in [-0.3, -0.25) is 0 Å². The van der Waals surface area contributed by atoms with Gasteiger partial charge in [-0.2, -0.15) is 9.99 Å². The SMILES string of the molecule is Cc1c(I)c[n+]([O-])cc1C#N. The second-order valence-corrected chi connectivity index (χ2v) is 3.28. The van der Waals surface area contributed by atoms with Gasteiger partial charge in [0.15, 0.2) is 12.4 Å². The summed E-state index contributed by atoms with van der Waals surface area (Å²) in [4.78, 5) is 0. The van der Waals surface area contributed by atoms with Gasteiger partial charge in [0.25, 0.3) is 0 Å². The summed E-state index contributed by atoms with van der Waals surface area (Å²) in [5, 5.41) is 19.3. The molecule has 0 atom stereocenters. The molecule has 1 rings (SSSR count). The molecule has 0 radical (unpaired) electrons. The summed E-state index contributed by atoms with van der Waals surface area (Å²) in [6.45, 7) is 1.82. The lowest BCUT2D eigenvalue weighted by Gasteiger charge is -2.00. The van der Waals surface area contributed by atoms with Crippen LogP contribution in [0, 0.1) is 27.0 Å². The zero-order valence-corrected chi connectivity index (χ0v) is 7.99. The maximum Gasteiger partial charge on any atom is 0.198 e. The van der Waals surface area contributed by atoms with Crippen LogP contribution in [0.25, 0.3) is 0 Å². The highest BCUT2D eigenvalue weighted by Crippen LogP contribution is 2.11. The fourth-order valence-corrected chi connectivity index (χ4v) is 1.28. The van der Waals surface area contributed by atoms with E-state index in [2.05, 4.69) is 0 Å². The van der Waals surface area contributed by atoms with Crippen molar-refractivity contribution in [3.63, 3.8) is 0 Å². The minimum atomic E-state index is 0.437. The number of nitrogens with zero attached hydrogens (tertiary/aromatic N) is 2. The molecule has 4 heteroatoms. The molecule has 0 bridgehead atoms. The molecule has 11 heavy (non-hydrogen) atoms. The van der Waals surface area contributed by atoms with Crippen molar-refractivity contribution in [2.24, 2.45) is 0 Å². The molecule has 56 valence electrons. The van der Waals surface area contributed by atoms with Crippen molar-refractivity contribution in [1.29, 1.82) is 5.26 Å². The van der Waals surface area contributed by atoms with Gasteiger partial charge >= 0.3 is 0 Å². The van der Waals surface area contributed by atoms with Crippen molar-refractivity contribution in [1.82, 2.24) is 0 Å². The summed E-state index contributed by atoms with van der Waals surface area (Å²) < 4.78 is 1.46. The fraction of sp³-hybridized carbons (Fsp3) is 0.143. The third-order valence-corrected chi connectivity index (χ3v) is 2.47. The molecule has 0 fully saturated rings. The first-order valence-electron chi connectivity index (χ1n) is 2.94. The van der Waals surface area contributed by atoms with Crippen molar-refractivity contribution < 1.29 is 4.73 Å². The van der Waals surface area contributed by atoms with Crippen LogP contribution < -0.4 is 4.73 Å². The minimum absolute atomic E-state index is 0.437. The topological polar surface area (TPSA) is 50.7 Å². The summed E-state index contributed by atoms with van der Waals surface area (Å²) in [5.41, 5.74) is 1.30. The smallest absolute Gasteiger partial charge is 0.198 e. The van der Waals surface area contributed by atoms with Crippen molar-refractivity contribution in [3.8, 4) is 6.07 Å². The van der Waals surface area contributed by atoms with Crippen LogP contribution in [0.2, 0.25) is 0 Å². The third-order valence-electron chi connectivity index (χ3n) is 1.38. The summed E-state index contributed by atoms with van der Waals surface area (Å²) >= 11 is 2.03. The van der Waals surface area contributed by atoms with Crippen LogP contribution in [0.4, 0.5) is 0 Å². The third kappa shape index (κ3) is 1.60. The van der Waals surface area contributed by atoms with Crippen molar-refractivity contribution >= 4 is 22.6 Å². The maximum absolute atomic E-state index is 10.8. The molecular weight excluding hydrogens is 255 g/mol. The molecular formula is C7H5IN2O. The molecule has 0 aliphatic rings. The van der Waals surface area contributed by atoms with Gasteiger partial charge in [0.2, 0.25) is 0 Å². The van der Waals surface area contributed by atoms with E-state index >= 15 is 0 Å². The highest BCUT2D eigenvalue weighted by Gasteiger charge is 2.06. The molecule has 3 nitrogen and oxygen atoms in total. The molecule has 0 saturated carbocycles. The Kier molecular flexibility index (Phi) is 2.29. The average Bonchev–Trinajstić information content (AvgIpc) is 1.96. The number of rotatable bonds is 0. The number of pyridine rings is 1. The first kappa shape index (κ1) is 8.27. The van der Waals surface area contributed by atoms with Crippen LogP contribution in [0.5, 0.6) is 0 Å². The first-order valence-corrected chi connectivity index (χ1v) is 4.02. The average molecular weight is 260 g/mol. The van der Waals surface area contributed by atoms with Gasteiger partial charge in [-0.25, -0.2) is 0 Å². The summed E-state index contributed by atoms with van der Waals surface area (Å²) in [6, 6.07) is 1.95. The molecule has 0 saturated heterocycles. The zero-order valence-electron chi connectivity index (χ0n) is 5.84. The van der Waals surface area contributed by atoms with E-state index in [0.717, 1.165) is 9.13 Å². The highest BCUT2D eigenvalue weighted by atomic mass is 127. The predicted molar refractivity (Wildman–Crippen MR) is 47.6 cm³/mol. The molecule has 0 aliphatic carbocycles. The molecule has 0 unspecified atom stereocenters. The number of hydrogen-bond donors (Lipinski definition) is 0. The van der Waals surface area contributed by atoms with Gasteiger partial charge < -0.3 is 5.21 Å². The number of hydrogen-bond acceptors (Lipinski definition) is 2. The van der Waals surface area contributed by atoms with E-state index in [-0.39, 0.29) is 0 Å². The Hall–Kier alpha value is -0.830. The van der Waals surface area contributed by atoms with Gasteiger partial charge in [0, 0.05) is 0 Å². The summed E-state index contributed by atoms with van der Waals surface area (Å²) in [7, 11) is 0. The van der Waals surface area contributed by atoms with Crippen LogP contribution in [0.15, 0.2) is 12.4 Å². The standard InChI is InChI=1S/C7H5IN2O/c1-5-6(2-9)3-10(11)4-7(5)8/h3-4H,1H3.